The van der Waals surface area contributed by atoms with Crippen LogP contribution in [0, 0.1) is 17.2 Å². The molecule has 1 aromatic heterocycles. The van der Waals surface area contributed by atoms with E-state index in [1.54, 1.807) is 23.2 Å². The number of nitriles is 1. The third-order valence-electron chi connectivity index (χ3n) is 5.58. The number of nitrogens with zero attached hydrogens (tertiary/aromatic N) is 4. The summed E-state index contributed by atoms with van der Waals surface area (Å²) in [6, 6.07) is 9.31. The molecule has 4 rings (SSSR count). The lowest BCUT2D eigenvalue weighted by Gasteiger charge is -2.30. The molecule has 1 saturated carbocycles. The van der Waals surface area contributed by atoms with Crippen LogP contribution in [0.25, 0.3) is 16.8 Å². The summed E-state index contributed by atoms with van der Waals surface area (Å²) in [6.07, 6.45) is 7.59. The molecule has 160 valence electrons. The normalized spacial score (nSPS) is 19.5. The lowest BCUT2D eigenvalue weighted by atomic mass is 10.1. The van der Waals surface area contributed by atoms with Gasteiger partial charge in [-0.15, -0.1) is 11.3 Å². The van der Waals surface area contributed by atoms with Crippen LogP contribution in [0.3, 0.4) is 0 Å². The number of rotatable bonds is 6. The van der Waals surface area contributed by atoms with Crippen molar-refractivity contribution in [3.63, 3.8) is 0 Å². The van der Waals surface area contributed by atoms with E-state index in [1.165, 1.54) is 30.4 Å². The standard InChI is InChI=1S/C23H26N6OS/c24-10-15-5-7-17(8-6-15)20-21(18(11-25)13-27-12-16-3-4-16)31-22(28-20)23(30)29-9-1-2-19(26)14-29/h5-8,11,13,16,19H,1-4,9,12,14,25-26H2/t19-/m1/s1. The summed E-state index contributed by atoms with van der Waals surface area (Å²) in [6.45, 7) is 2.03. The first-order valence-corrected chi connectivity index (χ1v) is 11.4. The van der Waals surface area contributed by atoms with Gasteiger partial charge in [0.2, 0.25) is 0 Å². The Morgan fingerprint density at radius 2 is 2.10 bits per heavy atom. The zero-order valence-corrected chi connectivity index (χ0v) is 18.1. The summed E-state index contributed by atoms with van der Waals surface area (Å²) in [5, 5.41) is 9.52. The van der Waals surface area contributed by atoms with Gasteiger partial charge in [-0.25, -0.2) is 4.98 Å². The van der Waals surface area contributed by atoms with Crippen molar-refractivity contribution in [1.29, 1.82) is 5.26 Å². The van der Waals surface area contributed by atoms with E-state index in [2.05, 4.69) is 11.1 Å². The van der Waals surface area contributed by atoms with Gasteiger partial charge in [-0.2, -0.15) is 5.26 Å². The average molecular weight is 435 g/mol. The molecule has 0 spiro atoms. The highest BCUT2D eigenvalue weighted by atomic mass is 32.1. The predicted molar refractivity (Wildman–Crippen MR) is 124 cm³/mol. The van der Waals surface area contributed by atoms with Gasteiger partial charge in [0.1, 0.15) is 0 Å². The molecule has 2 aromatic rings. The Kier molecular flexibility index (Phi) is 6.44. The highest BCUT2D eigenvalue weighted by molar-refractivity contribution is 7.15. The molecular weight excluding hydrogens is 408 g/mol. The Morgan fingerprint density at radius 1 is 1.32 bits per heavy atom. The van der Waals surface area contributed by atoms with Gasteiger partial charge in [-0.1, -0.05) is 12.1 Å². The van der Waals surface area contributed by atoms with Crippen LogP contribution < -0.4 is 11.5 Å². The molecule has 0 unspecified atom stereocenters. The first kappa shape index (κ1) is 21.2. The molecule has 1 saturated heterocycles. The minimum absolute atomic E-state index is 0.00388. The van der Waals surface area contributed by atoms with Gasteiger partial charge in [-0.05, 0) is 43.7 Å². The van der Waals surface area contributed by atoms with Crippen molar-refractivity contribution in [2.45, 2.75) is 31.7 Å². The molecular formula is C23H26N6OS. The minimum atomic E-state index is -0.104. The van der Waals surface area contributed by atoms with Crippen LogP contribution in [0.5, 0.6) is 0 Å². The van der Waals surface area contributed by atoms with Crippen LogP contribution in [0.4, 0.5) is 0 Å². The van der Waals surface area contributed by atoms with Gasteiger partial charge >= 0.3 is 0 Å². The molecule has 0 radical (unpaired) electrons. The number of nitrogens with two attached hydrogens (primary N) is 2. The number of carbonyl (C=O) groups excluding carboxylic acids is 1. The monoisotopic (exact) mass is 434 g/mol. The molecule has 2 fully saturated rings. The molecule has 2 aliphatic rings. The van der Waals surface area contributed by atoms with Crippen LogP contribution in [-0.4, -0.2) is 47.7 Å². The molecule has 0 bridgehead atoms. The minimum Gasteiger partial charge on any atom is -0.404 e. The Morgan fingerprint density at radius 3 is 2.74 bits per heavy atom. The molecule has 1 atom stereocenters. The van der Waals surface area contributed by atoms with Crippen LogP contribution >= 0.6 is 11.3 Å². The van der Waals surface area contributed by atoms with Crippen molar-refractivity contribution in [2.75, 3.05) is 19.6 Å². The number of aromatic nitrogens is 1. The first-order chi connectivity index (χ1) is 15.1. The van der Waals surface area contributed by atoms with E-state index >= 15 is 0 Å². The smallest absolute Gasteiger partial charge is 0.282 e. The van der Waals surface area contributed by atoms with Gasteiger partial charge in [-0.3, -0.25) is 9.79 Å². The second kappa shape index (κ2) is 9.41. The van der Waals surface area contributed by atoms with Crippen molar-refractivity contribution in [3.8, 4) is 17.3 Å². The fourth-order valence-corrected chi connectivity index (χ4v) is 4.66. The van der Waals surface area contributed by atoms with Gasteiger partial charge in [0.15, 0.2) is 5.01 Å². The second-order valence-corrected chi connectivity index (χ2v) is 9.10. The SMILES string of the molecule is N#Cc1ccc(-c2nc(C(=O)N3CCC[C@@H](N)C3)sc2C(C=NCC2CC2)=CN)cc1. The molecule has 1 aliphatic heterocycles. The maximum Gasteiger partial charge on any atom is 0.282 e. The second-order valence-electron chi connectivity index (χ2n) is 8.10. The van der Waals surface area contributed by atoms with E-state index < -0.39 is 0 Å². The fraction of sp³-hybridized carbons (Fsp3) is 0.391. The number of hydrogen-bond acceptors (Lipinski definition) is 7. The quantitative estimate of drug-likeness (QED) is 0.677. The lowest BCUT2D eigenvalue weighted by molar-refractivity contribution is 0.0708. The van der Waals surface area contributed by atoms with E-state index in [1.807, 2.05) is 12.1 Å². The molecule has 1 amide bonds. The number of allylic oxidation sites excluding steroid dienone is 1. The number of benzene rings is 1. The van der Waals surface area contributed by atoms with Crippen LogP contribution in [-0.2, 0) is 0 Å². The zero-order valence-electron chi connectivity index (χ0n) is 17.3. The third-order valence-corrected chi connectivity index (χ3v) is 6.67. The molecule has 8 heteroatoms. The molecule has 4 N–H and O–H groups in total. The summed E-state index contributed by atoms with van der Waals surface area (Å²) in [5.74, 6) is 0.572. The molecule has 1 aliphatic carbocycles. The molecule has 2 heterocycles. The Bertz CT molecular complexity index is 1050. The van der Waals surface area contributed by atoms with E-state index in [0.29, 0.717) is 35.3 Å². The Labute approximate surface area is 186 Å². The largest absolute Gasteiger partial charge is 0.404 e. The van der Waals surface area contributed by atoms with Crippen molar-refractivity contribution < 1.29 is 4.79 Å². The summed E-state index contributed by atoms with van der Waals surface area (Å²) in [4.78, 5) is 25.0. The van der Waals surface area contributed by atoms with Crippen molar-refractivity contribution in [2.24, 2.45) is 22.4 Å². The van der Waals surface area contributed by atoms with Crippen LogP contribution in [0.2, 0.25) is 0 Å². The van der Waals surface area contributed by atoms with Crippen molar-refractivity contribution in [3.05, 3.63) is 45.9 Å². The third kappa shape index (κ3) is 5.01. The average Bonchev–Trinajstić information content (AvgIpc) is 3.52. The number of aliphatic imine (C=N–C) groups is 1. The molecule has 31 heavy (non-hydrogen) atoms. The number of likely N-dealkylation sites (tertiary alicyclic amines) is 1. The number of amides is 1. The highest BCUT2D eigenvalue weighted by Crippen LogP contribution is 2.34. The van der Waals surface area contributed by atoms with E-state index in [0.717, 1.165) is 35.4 Å². The summed E-state index contributed by atoms with van der Waals surface area (Å²) >= 11 is 1.33. The predicted octanol–water partition coefficient (Wildman–Crippen LogP) is 3.03. The summed E-state index contributed by atoms with van der Waals surface area (Å²) in [7, 11) is 0. The van der Waals surface area contributed by atoms with Crippen molar-refractivity contribution >= 4 is 29.0 Å². The van der Waals surface area contributed by atoms with Gasteiger partial charge in [0.05, 0.1) is 22.2 Å². The fourth-order valence-electron chi connectivity index (χ4n) is 3.61. The topological polar surface area (TPSA) is 121 Å². The van der Waals surface area contributed by atoms with Gasteiger partial charge in [0.25, 0.3) is 5.91 Å². The Balaban J connectivity index is 1.69. The maximum atomic E-state index is 13.2. The highest BCUT2D eigenvalue weighted by Gasteiger charge is 2.27. The Hall–Kier alpha value is -3.02. The molecule has 7 nitrogen and oxygen atoms in total. The number of piperidine rings is 1. The lowest BCUT2D eigenvalue weighted by Crippen LogP contribution is -2.45. The van der Waals surface area contributed by atoms with Gasteiger partial charge < -0.3 is 16.4 Å². The molecule has 1 aromatic carbocycles. The van der Waals surface area contributed by atoms with E-state index in [9.17, 15) is 4.79 Å². The maximum absolute atomic E-state index is 13.2. The van der Waals surface area contributed by atoms with Gasteiger partial charge in [0, 0.05) is 49.2 Å². The van der Waals surface area contributed by atoms with E-state index in [-0.39, 0.29) is 11.9 Å². The van der Waals surface area contributed by atoms with E-state index in [4.69, 9.17) is 21.7 Å². The van der Waals surface area contributed by atoms with Crippen molar-refractivity contribution in [1.82, 2.24) is 9.88 Å². The summed E-state index contributed by atoms with van der Waals surface area (Å²) < 4.78 is 0. The summed E-state index contributed by atoms with van der Waals surface area (Å²) in [5.41, 5.74) is 14.8. The number of carbonyl (C=O) groups is 1. The van der Waals surface area contributed by atoms with Crippen LogP contribution in [0.15, 0.2) is 35.5 Å². The van der Waals surface area contributed by atoms with Crippen LogP contribution in [0.1, 0.15) is 45.9 Å². The zero-order chi connectivity index (χ0) is 21.8. The first-order valence-electron chi connectivity index (χ1n) is 10.6. The number of hydrogen-bond donors (Lipinski definition) is 2. The number of thiazole rings is 1.